The lowest BCUT2D eigenvalue weighted by atomic mass is 9.66. The number of halogens is 1. The normalized spacial score (nSPS) is 23.6. The van der Waals surface area contributed by atoms with Crippen LogP contribution in [0.4, 0.5) is 0 Å². The van der Waals surface area contributed by atoms with E-state index in [-0.39, 0.29) is 0 Å². The Balaban J connectivity index is 2.33. The van der Waals surface area contributed by atoms with Crippen LogP contribution in [0.25, 0.3) is 0 Å². The van der Waals surface area contributed by atoms with Crippen LogP contribution in [0, 0.1) is 11.3 Å². The molecule has 0 aliphatic heterocycles. The number of aryl methyl sites for hydroxylation is 2. The van der Waals surface area contributed by atoms with Gasteiger partial charge in [-0.1, -0.05) is 74.7 Å². The predicted octanol–water partition coefficient (Wildman–Crippen LogP) is 6.46. The SMILES string of the molecule is CCc1ccc(CC)c(C(Br)C2CCCCC2(C)C)c1. The molecule has 0 heterocycles. The molecule has 2 rings (SSSR count). The Morgan fingerprint density at radius 1 is 1.20 bits per heavy atom. The Morgan fingerprint density at radius 2 is 1.95 bits per heavy atom. The van der Waals surface area contributed by atoms with Gasteiger partial charge in [0.25, 0.3) is 0 Å². The lowest BCUT2D eigenvalue weighted by molar-refractivity contribution is 0.136. The molecule has 2 unspecified atom stereocenters. The molecule has 0 amide bonds. The Labute approximate surface area is 133 Å². The van der Waals surface area contributed by atoms with Crippen molar-refractivity contribution in [2.24, 2.45) is 11.3 Å². The Hall–Kier alpha value is -0.300. The van der Waals surface area contributed by atoms with Crippen LogP contribution in [0.15, 0.2) is 18.2 Å². The molecule has 2 atom stereocenters. The predicted molar refractivity (Wildman–Crippen MR) is 92.6 cm³/mol. The molecule has 1 aromatic carbocycles. The Morgan fingerprint density at radius 3 is 2.55 bits per heavy atom. The average Bonchev–Trinajstić information content (AvgIpc) is 2.45. The average molecular weight is 337 g/mol. The summed E-state index contributed by atoms with van der Waals surface area (Å²) < 4.78 is 0. The fourth-order valence-corrected chi connectivity index (χ4v) is 5.13. The molecular formula is C19H29Br. The van der Waals surface area contributed by atoms with Gasteiger partial charge >= 0.3 is 0 Å². The van der Waals surface area contributed by atoms with Crippen LogP contribution in [0.3, 0.4) is 0 Å². The second-order valence-electron chi connectivity index (χ2n) is 6.98. The molecule has 0 radical (unpaired) electrons. The molecule has 1 aliphatic carbocycles. The van der Waals surface area contributed by atoms with Crippen LogP contribution in [0.1, 0.15) is 74.9 Å². The third kappa shape index (κ3) is 3.30. The summed E-state index contributed by atoms with van der Waals surface area (Å²) in [6.07, 6.45) is 7.79. The monoisotopic (exact) mass is 336 g/mol. The van der Waals surface area contributed by atoms with Gasteiger partial charge < -0.3 is 0 Å². The van der Waals surface area contributed by atoms with Gasteiger partial charge in [0, 0.05) is 4.83 Å². The number of rotatable bonds is 4. The largest absolute Gasteiger partial charge is 0.0835 e. The van der Waals surface area contributed by atoms with E-state index in [1.165, 1.54) is 36.8 Å². The zero-order chi connectivity index (χ0) is 14.8. The summed E-state index contributed by atoms with van der Waals surface area (Å²) in [6, 6.07) is 7.09. The lowest BCUT2D eigenvalue weighted by Crippen LogP contribution is -2.31. The highest BCUT2D eigenvalue weighted by Crippen LogP contribution is 2.50. The summed E-state index contributed by atoms with van der Waals surface area (Å²) in [7, 11) is 0. The number of alkyl halides is 1. The molecule has 0 bridgehead atoms. The van der Waals surface area contributed by atoms with Crippen LogP contribution in [0.2, 0.25) is 0 Å². The van der Waals surface area contributed by atoms with E-state index in [0.29, 0.717) is 10.2 Å². The van der Waals surface area contributed by atoms with Crippen molar-refractivity contribution >= 4 is 15.9 Å². The Kier molecular flexibility index (Phi) is 5.34. The van der Waals surface area contributed by atoms with Gasteiger partial charge in [0.1, 0.15) is 0 Å². The third-order valence-corrected chi connectivity index (χ3v) is 6.37. The minimum Gasteiger partial charge on any atom is -0.0835 e. The molecule has 0 N–H and O–H groups in total. The van der Waals surface area contributed by atoms with Crippen LogP contribution in [-0.4, -0.2) is 0 Å². The van der Waals surface area contributed by atoms with E-state index in [0.717, 1.165) is 18.8 Å². The first-order valence-electron chi connectivity index (χ1n) is 8.25. The van der Waals surface area contributed by atoms with E-state index >= 15 is 0 Å². The van der Waals surface area contributed by atoms with E-state index in [1.807, 2.05) is 0 Å². The lowest BCUT2D eigenvalue weighted by Gasteiger charge is -2.42. The van der Waals surface area contributed by atoms with E-state index < -0.39 is 0 Å². The van der Waals surface area contributed by atoms with Crippen LogP contribution >= 0.6 is 15.9 Å². The summed E-state index contributed by atoms with van der Waals surface area (Å²) in [4.78, 5) is 0.513. The van der Waals surface area contributed by atoms with Gasteiger partial charge in [-0.3, -0.25) is 0 Å². The van der Waals surface area contributed by atoms with Crippen molar-refractivity contribution in [1.29, 1.82) is 0 Å². The van der Waals surface area contributed by atoms with Gasteiger partial charge in [0.2, 0.25) is 0 Å². The van der Waals surface area contributed by atoms with Gasteiger partial charge in [0.05, 0.1) is 0 Å². The van der Waals surface area contributed by atoms with Gasteiger partial charge in [-0.25, -0.2) is 0 Å². The summed E-state index contributed by atoms with van der Waals surface area (Å²) in [6.45, 7) is 9.44. The van der Waals surface area contributed by atoms with Crippen LogP contribution < -0.4 is 0 Å². The molecule has 112 valence electrons. The zero-order valence-electron chi connectivity index (χ0n) is 13.5. The maximum absolute atomic E-state index is 4.08. The first-order valence-corrected chi connectivity index (χ1v) is 9.17. The van der Waals surface area contributed by atoms with Gasteiger partial charge in [-0.2, -0.15) is 0 Å². The number of hydrogen-bond donors (Lipinski definition) is 0. The minimum atomic E-state index is 0.458. The molecule has 0 aromatic heterocycles. The molecule has 0 nitrogen and oxygen atoms in total. The number of hydrogen-bond acceptors (Lipinski definition) is 0. The van der Waals surface area contributed by atoms with E-state index in [2.05, 4.69) is 61.8 Å². The topological polar surface area (TPSA) is 0 Å². The molecule has 1 aromatic rings. The van der Waals surface area contributed by atoms with Crippen molar-refractivity contribution in [1.82, 2.24) is 0 Å². The summed E-state index contributed by atoms with van der Waals surface area (Å²) in [5.74, 6) is 0.758. The maximum Gasteiger partial charge on any atom is 0.0431 e. The molecule has 0 saturated heterocycles. The van der Waals surface area contributed by atoms with E-state index in [1.54, 1.807) is 5.56 Å². The minimum absolute atomic E-state index is 0.458. The fraction of sp³-hybridized carbons (Fsp3) is 0.684. The first-order chi connectivity index (χ1) is 9.49. The smallest absolute Gasteiger partial charge is 0.0431 e. The second-order valence-corrected chi connectivity index (χ2v) is 7.97. The van der Waals surface area contributed by atoms with Crippen molar-refractivity contribution in [2.45, 2.75) is 71.0 Å². The first kappa shape index (κ1) is 16.1. The van der Waals surface area contributed by atoms with Gasteiger partial charge in [-0.15, -0.1) is 0 Å². The molecule has 1 heteroatoms. The quantitative estimate of drug-likeness (QED) is 0.553. The number of benzene rings is 1. The fourth-order valence-electron chi connectivity index (χ4n) is 3.72. The molecular weight excluding hydrogens is 308 g/mol. The van der Waals surface area contributed by atoms with Crippen LogP contribution in [-0.2, 0) is 12.8 Å². The highest BCUT2D eigenvalue weighted by molar-refractivity contribution is 9.09. The van der Waals surface area contributed by atoms with Crippen molar-refractivity contribution < 1.29 is 0 Å². The molecule has 20 heavy (non-hydrogen) atoms. The van der Waals surface area contributed by atoms with Crippen LogP contribution in [0.5, 0.6) is 0 Å². The zero-order valence-corrected chi connectivity index (χ0v) is 15.1. The van der Waals surface area contributed by atoms with Gasteiger partial charge in [0.15, 0.2) is 0 Å². The standard InChI is InChI=1S/C19H29Br/c1-5-14-10-11-15(6-2)16(13-14)18(20)17-9-7-8-12-19(17,3)4/h10-11,13,17-18H,5-9,12H2,1-4H3. The van der Waals surface area contributed by atoms with Crippen molar-refractivity contribution in [2.75, 3.05) is 0 Å². The Bertz CT molecular complexity index is 447. The molecule has 0 spiro atoms. The van der Waals surface area contributed by atoms with Crippen molar-refractivity contribution in [3.63, 3.8) is 0 Å². The molecule has 1 aliphatic rings. The molecule has 1 saturated carbocycles. The van der Waals surface area contributed by atoms with E-state index in [4.69, 9.17) is 0 Å². The maximum atomic E-state index is 4.08. The highest BCUT2D eigenvalue weighted by Gasteiger charge is 2.37. The summed E-state index contributed by atoms with van der Waals surface area (Å²) in [5, 5.41) is 0. The van der Waals surface area contributed by atoms with Crippen molar-refractivity contribution in [3.05, 3.63) is 34.9 Å². The highest BCUT2D eigenvalue weighted by atomic mass is 79.9. The van der Waals surface area contributed by atoms with E-state index in [9.17, 15) is 0 Å². The third-order valence-electron chi connectivity index (χ3n) is 5.24. The summed E-state index contributed by atoms with van der Waals surface area (Å²) in [5.41, 5.74) is 4.99. The van der Waals surface area contributed by atoms with Crippen molar-refractivity contribution in [3.8, 4) is 0 Å². The van der Waals surface area contributed by atoms with Gasteiger partial charge in [-0.05, 0) is 53.7 Å². The second kappa shape index (κ2) is 6.64. The molecule has 1 fully saturated rings. The summed E-state index contributed by atoms with van der Waals surface area (Å²) >= 11 is 4.08.